The minimum Gasteiger partial charge on any atom is -0.395 e. The molecule has 0 saturated heterocycles. The van der Waals surface area contributed by atoms with Crippen molar-refractivity contribution in [3.8, 4) is 11.8 Å². The van der Waals surface area contributed by atoms with Gasteiger partial charge in [0.1, 0.15) is 0 Å². The lowest BCUT2D eigenvalue weighted by atomic mass is 10.1. The zero-order chi connectivity index (χ0) is 15.0. The Labute approximate surface area is 121 Å². The van der Waals surface area contributed by atoms with Gasteiger partial charge < -0.3 is 5.11 Å². The molecule has 20 heavy (non-hydrogen) atoms. The van der Waals surface area contributed by atoms with Crippen molar-refractivity contribution in [1.82, 2.24) is 4.72 Å². The summed E-state index contributed by atoms with van der Waals surface area (Å²) in [5, 5.41) is 8.65. The highest BCUT2D eigenvalue weighted by Gasteiger charge is 2.14. The minimum atomic E-state index is -3.21. The molecule has 5 heteroatoms. The van der Waals surface area contributed by atoms with Gasteiger partial charge in [-0.05, 0) is 31.0 Å². The van der Waals surface area contributed by atoms with E-state index in [1.165, 1.54) is 0 Å². The maximum absolute atomic E-state index is 11.7. The van der Waals surface area contributed by atoms with Gasteiger partial charge in [-0.1, -0.05) is 30.9 Å². The normalized spacial score (nSPS) is 12.6. The monoisotopic (exact) mass is 295 g/mol. The van der Waals surface area contributed by atoms with Crippen molar-refractivity contribution in [2.45, 2.75) is 32.7 Å². The van der Waals surface area contributed by atoms with Crippen LogP contribution < -0.4 is 4.72 Å². The molecule has 0 aliphatic heterocycles. The zero-order valence-electron chi connectivity index (χ0n) is 11.9. The van der Waals surface area contributed by atoms with Crippen molar-refractivity contribution < 1.29 is 13.5 Å². The Balaban J connectivity index is 2.71. The lowest BCUT2D eigenvalue weighted by molar-refractivity contribution is 0.305. The van der Waals surface area contributed by atoms with Crippen LogP contribution in [-0.2, 0) is 10.0 Å². The van der Waals surface area contributed by atoms with Crippen LogP contribution in [0.1, 0.15) is 43.9 Å². The molecule has 1 aromatic carbocycles. The second-order valence-corrected chi connectivity index (χ2v) is 6.43. The van der Waals surface area contributed by atoms with Gasteiger partial charge in [-0.25, -0.2) is 13.1 Å². The van der Waals surface area contributed by atoms with E-state index in [0.717, 1.165) is 11.1 Å². The number of aliphatic hydroxyl groups excluding tert-OH is 1. The number of nitrogens with one attached hydrogen (secondary N) is 1. The van der Waals surface area contributed by atoms with Crippen LogP contribution >= 0.6 is 0 Å². The third-order valence-electron chi connectivity index (χ3n) is 2.71. The van der Waals surface area contributed by atoms with Crippen molar-refractivity contribution in [2.75, 3.05) is 12.4 Å². The standard InChI is InChI=1S/C15H21NO3S/c1-3-12-20(18,19)16-13(2)15-9-7-14(8-10-15)6-4-5-11-17/h7-10,13,16-17H,3,5,11-12H2,1-2H3. The fourth-order valence-corrected chi connectivity index (χ4v) is 3.07. The van der Waals surface area contributed by atoms with Gasteiger partial charge >= 0.3 is 0 Å². The maximum Gasteiger partial charge on any atom is 0.212 e. The quantitative estimate of drug-likeness (QED) is 0.787. The Kier molecular flexibility index (Phi) is 6.73. The molecule has 0 fully saturated rings. The summed E-state index contributed by atoms with van der Waals surface area (Å²) < 4.78 is 26.0. The zero-order valence-corrected chi connectivity index (χ0v) is 12.7. The van der Waals surface area contributed by atoms with Crippen LogP contribution in [0.3, 0.4) is 0 Å². The number of benzene rings is 1. The van der Waals surface area contributed by atoms with E-state index in [0.29, 0.717) is 12.8 Å². The van der Waals surface area contributed by atoms with Gasteiger partial charge in [0.25, 0.3) is 0 Å². The topological polar surface area (TPSA) is 66.4 Å². The van der Waals surface area contributed by atoms with E-state index in [-0.39, 0.29) is 18.4 Å². The average molecular weight is 295 g/mol. The highest BCUT2D eigenvalue weighted by atomic mass is 32.2. The molecule has 1 atom stereocenters. The van der Waals surface area contributed by atoms with Crippen molar-refractivity contribution in [2.24, 2.45) is 0 Å². The van der Waals surface area contributed by atoms with E-state index in [1.54, 1.807) is 0 Å². The predicted molar refractivity (Wildman–Crippen MR) is 80.7 cm³/mol. The predicted octanol–water partition coefficient (Wildman–Crippen LogP) is 1.81. The Morgan fingerprint density at radius 3 is 2.50 bits per heavy atom. The van der Waals surface area contributed by atoms with Gasteiger partial charge in [-0.3, -0.25) is 0 Å². The van der Waals surface area contributed by atoms with E-state index >= 15 is 0 Å². The third-order valence-corrected chi connectivity index (χ3v) is 4.37. The molecule has 0 aliphatic rings. The van der Waals surface area contributed by atoms with Gasteiger partial charge in [0.15, 0.2) is 0 Å². The van der Waals surface area contributed by atoms with Crippen LogP contribution in [0, 0.1) is 11.8 Å². The summed E-state index contributed by atoms with van der Waals surface area (Å²) in [4.78, 5) is 0. The second-order valence-electron chi connectivity index (χ2n) is 4.56. The van der Waals surface area contributed by atoms with Gasteiger partial charge in [-0.2, -0.15) is 0 Å². The first-order valence-corrected chi connectivity index (χ1v) is 8.33. The molecule has 0 amide bonds. The summed E-state index contributed by atoms with van der Waals surface area (Å²) in [7, 11) is -3.21. The van der Waals surface area contributed by atoms with E-state index in [4.69, 9.17) is 5.11 Å². The second kappa shape index (κ2) is 8.05. The lowest BCUT2D eigenvalue weighted by Crippen LogP contribution is -2.28. The molecule has 1 unspecified atom stereocenters. The number of sulfonamides is 1. The van der Waals surface area contributed by atoms with E-state index in [1.807, 2.05) is 38.1 Å². The molecule has 110 valence electrons. The van der Waals surface area contributed by atoms with E-state index in [9.17, 15) is 8.42 Å². The van der Waals surface area contributed by atoms with Crippen LogP contribution in [0.25, 0.3) is 0 Å². The van der Waals surface area contributed by atoms with Crippen LogP contribution in [-0.4, -0.2) is 25.9 Å². The smallest absolute Gasteiger partial charge is 0.212 e. The Morgan fingerprint density at radius 2 is 1.95 bits per heavy atom. The van der Waals surface area contributed by atoms with Crippen molar-refractivity contribution >= 4 is 10.0 Å². The van der Waals surface area contributed by atoms with Gasteiger partial charge in [-0.15, -0.1) is 0 Å². The molecule has 1 aromatic rings. The summed E-state index contributed by atoms with van der Waals surface area (Å²) in [6.07, 6.45) is 1.05. The van der Waals surface area contributed by atoms with Crippen LogP contribution in [0.4, 0.5) is 0 Å². The van der Waals surface area contributed by atoms with E-state index < -0.39 is 10.0 Å². The molecular weight excluding hydrogens is 274 g/mol. The summed E-state index contributed by atoms with van der Waals surface area (Å²) >= 11 is 0. The highest BCUT2D eigenvalue weighted by molar-refractivity contribution is 7.89. The Hall–Kier alpha value is -1.35. The minimum absolute atomic E-state index is 0.0569. The summed E-state index contributed by atoms with van der Waals surface area (Å²) in [6, 6.07) is 7.17. The largest absolute Gasteiger partial charge is 0.395 e. The number of rotatable bonds is 6. The lowest BCUT2D eigenvalue weighted by Gasteiger charge is -2.14. The molecule has 0 radical (unpaired) electrons. The Bertz CT molecular complexity index is 567. The summed E-state index contributed by atoms with van der Waals surface area (Å²) in [6.45, 7) is 3.71. The number of aliphatic hydroxyl groups is 1. The summed E-state index contributed by atoms with van der Waals surface area (Å²) in [5.74, 6) is 5.92. The molecule has 0 bridgehead atoms. The molecule has 2 N–H and O–H groups in total. The molecule has 0 saturated carbocycles. The fourth-order valence-electron chi connectivity index (χ4n) is 1.74. The molecule has 0 aromatic heterocycles. The molecule has 1 rings (SSSR count). The SMILES string of the molecule is CCCS(=O)(=O)NC(C)c1ccc(C#CCCO)cc1. The molecule has 0 heterocycles. The van der Waals surface area contributed by atoms with Crippen LogP contribution in [0.5, 0.6) is 0 Å². The molecular formula is C15H21NO3S. The fraction of sp³-hybridized carbons (Fsp3) is 0.467. The maximum atomic E-state index is 11.7. The first-order chi connectivity index (χ1) is 9.48. The van der Waals surface area contributed by atoms with Crippen LogP contribution in [0.15, 0.2) is 24.3 Å². The van der Waals surface area contributed by atoms with Gasteiger partial charge in [0.2, 0.25) is 10.0 Å². The average Bonchev–Trinajstić information content (AvgIpc) is 2.39. The number of hydrogen-bond donors (Lipinski definition) is 2. The Morgan fingerprint density at radius 1 is 1.30 bits per heavy atom. The van der Waals surface area contributed by atoms with Crippen LogP contribution in [0.2, 0.25) is 0 Å². The van der Waals surface area contributed by atoms with E-state index in [2.05, 4.69) is 16.6 Å². The first kappa shape index (κ1) is 16.7. The number of hydrogen-bond acceptors (Lipinski definition) is 3. The molecule has 4 nitrogen and oxygen atoms in total. The van der Waals surface area contributed by atoms with Crippen molar-refractivity contribution in [1.29, 1.82) is 0 Å². The molecule has 0 aliphatic carbocycles. The van der Waals surface area contributed by atoms with Crippen molar-refractivity contribution in [3.63, 3.8) is 0 Å². The highest BCUT2D eigenvalue weighted by Crippen LogP contribution is 2.14. The van der Waals surface area contributed by atoms with Gasteiger partial charge in [0.05, 0.1) is 12.4 Å². The first-order valence-electron chi connectivity index (χ1n) is 6.68. The van der Waals surface area contributed by atoms with Gasteiger partial charge in [0, 0.05) is 18.0 Å². The third kappa shape index (κ3) is 5.74. The molecule has 0 spiro atoms. The summed E-state index contributed by atoms with van der Waals surface area (Å²) in [5.41, 5.74) is 1.75. The van der Waals surface area contributed by atoms with Crippen molar-refractivity contribution in [3.05, 3.63) is 35.4 Å².